The highest BCUT2D eigenvalue weighted by atomic mass is 16.5. The van der Waals surface area contributed by atoms with Gasteiger partial charge in [-0.1, -0.05) is 12.1 Å². The molecule has 6 nitrogen and oxygen atoms in total. The molecule has 4 saturated carbocycles. The Morgan fingerprint density at radius 2 is 1.83 bits per heavy atom. The SMILES string of the molecule is O=C1NC2(CCN(C(=O)CC34C[C@@H]5C[C@@H](CC(O)(C5)C3)C4)CC2)Oc2ccccc21. The molecular formula is C24H30N2O4. The molecule has 2 amide bonds. The highest BCUT2D eigenvalue weighted by Gasteiger charge is 2.58. The van der Waals surface area contributed by atoms with E-state index in [9.17, 15) is 14.7 Å². The van der Waals surface area contributed by atoms with E-state index < -0.39 is 11.3 Å². The van der Waals surface area contributed by atoms with Gasteiger partial charge in [-0.3, -0.25) is 9.59 Å². The first-order valence-corrected chi connectivity index (χ1v) is 11.5. The van der Waals surface area contributed by atoms with Crippen molar-refractivity contribution in [2.45, 2.75) is 69.1 Å². The molecule has 160 valence electrons. The Kier molecular flexibility index (Phi) is 3.87. The minimum absolute atomic E-state index is 0.000451. The molecule has 5 fully saturated rings. The first kappa shape index (κ1) is 18.7. The van der Waals surface area contributed by atoms with Crippen LogP contribution in [0.1, 0.15) is 68.1 Å². The second-order valence-electron chi connectivity index (χ2n) is 10.8. The number of likely N-dealkylation sites (tertiary alicyclic amines) is 1. The predicted molar refractivity (Wildman–Crippen MR) is 110 cm³/mol. The standard InChI is InChI=1S/C24H30N2O4/c27-20(14-22-10-16-9-17(11-22)13-23(29,12-16)15-22)26-7-5-24(6-8-26)25-21(28)18-3-1-2-4-19(18)30-24/h1-4,16-17,29H,5-15H2,(H,25,28)/t16-,17+,22?,23?. The van der Waals surface area contributed by atoms with Gasteiger partial charge < -0.3 is 20.1 Å². The van der Waals surface area contributed by atoms with Crippen LogP contribution in [-0.4, -0.2) is 46.2 Å². The van der Waals surface area contributed by atoms with Gasteiger partial charge in [-0.25, -0.2) is 0 Å². The number of carbonyl (C=O) groups excluding carboxylic acids is 2. The summed E-state index contributed by atoms with van der Waals surface area (Å²) in [4.78, 5) is 27.7. The van der Waals surface area contributed by atoms with E-state index in [2.05, 4.69) is 5.32 Å². The molecule has 1 aromatic rings. The van der Waals surface area contributed by atoms with Gasteiger partial charge in [0.05, 0.1) is 11.2 Å². The van der Waals surface area contributed by atoms with Crippen molar-refractivity contribution in [3.63, 3.8) is 0 Å². The molecule has 4 bridgehead atoms. The van der Waals surface area contributed by atoms with E-state index in [4.69, 9.17) is 4.74 Å². The van der Waals surface area contributed by atoms with Gasteiger partial charge >= 0.3 is 0 Å². The summed E-state index contributed by atoms with van der Waals surface area (Å²) in [7, 11) is 0. The zero-order valence-electron chi connectivity index (χ0n) is 17.4. The number of ether oxygens (including phenoxy) is 1. The second kappa shape index (κ2) is 6.22. The minimum Gasteiger partial charge on any atom is -0.467 e. The van der Waals surface area contributed by atoms with Gasteiger partial charge in [0.1, 0.15) is 5.75 Å². The van der Waals surface area contributed by atoms with Gasteiger partial charge in [0.15, 0.2) is 5.72 Å². The molecule has 2 heterocycles. The van der Waals surface area contributed by atoms with Crippen LogP contribution in [0, 0.1) is 17.3 Å². The lowest BCUT2D eigenvalue weighted by molar-refractivity contribution is -0.173. The minimum atomic E-state index is -0.710. The average molecular weight is 411 g/mol. The van der Waals surface area contributed by atoms with Gasteiger partial charge in [-0.15, -0.1) is 0 Å². The lowest BCUT2D eigenvalue weighted by Crippen LogP contribution is -2.62. The Bertz CT molecular complexity index is 890. The van der Waals surface area contributed by atoms with Gasteiger partial charge in [-0.2, -0.15) is 0 Å². The van der Waals surface area contributed by atoms with E-state index in [-0.39, 0.29) is 17.2 Å². The van der Waals surface area contributed by atoms with Crippen LogP contribution in [0.5, 0.6) is 5.75 Å². The van der Waals surface area contributed by atoms with Crippen LogP contribution in [0.15, 0.2) is 24.3 Å². The first-order chi connectivity index (χ1) is 14.4. The summed E-state index contributed by atoms with van der Waals surface area (Å²) in [5.74, 6) is 1.93. The van der Waals surface area contributed by atoms with Crippen LogP contribution < -0.4 is 10.1 Å². The lowest BCUT2D eigenvalue weighted by Gasteiger charge is -2.60. The number of fused-ring (bicyclic) bond motifs is 1. The molecule has 7 rings (SSSR count). The Morgan fingerprint density at radius 1 is 1.13 bits per heavy atom. The average Bonchev–Trinajstić information content (AvgIpc) is 2.66. The van der Waals surface area contributed by atoms with Crippen molar-refractivity contribution in [3.8, 4) is 5.75 Å². The lowest BCUT2D eigenvalue weighted by atomic mass is 9.47. The van der Waals surface area contributed by atoms with Crippen molar-refractivity contribution in [2.24, 2.45) is 17.3 Å². The van der Waals surface area contributed by atoms with E-state index in [0.717, 1.165) is 32.1 Å². The number of nitrogens with one attached hydrogen (secondary N) is 1. The second-order valence-corrected chi connectivity index (χ2v) is 10.8. The smallest absolute Gasteiger partial charge is 0.258 e. The summed E-state index contributed by atoms with van der Waals surface area (Å²) in [6.07, 6.45) is 7.87. The number of piperidine rings is 1. The molecule has 30 heavy (non-hydrogen) atoms. The van der Waals surface area contributed by atoms with Gasteiger partial charge in [0, 0.05) is 32.4 Å². The number of benzene rings is 1. The van der Waals surface area contributed by atoms with Crippen molar-refractivity contribution in [2.75, 3.05) is 13.1 Å². The number of carbonyl (C=O) groups is 2. The third kappa shape index (κ3) is 2.95. The number of hydrogen-bond donors (Lipinski definition) is 2. The van der Waals surface area contributed by atoms with Crippen molar-refractivity contribution in [1.29, 1.82) is 0 Å². The molecule has 0 aromatic heterocycles. The summed E-state index contributed by atoms with van der Waals surface area (Å²) >= 11 is 0. The zero-order valence-corrected chi connectivity index (χ0v) is 17.4. The number of nitrogens with zero attached hydrogens (tertiary/aromatic N) is 1. The maximum Gasteiger partial charge on any atom is 0.258 e. The van der Waals surface area contributed by atoms with Crippen molar-refractivity contribution in [3.05, 3.63) is 29.8 Å². The topological polar surface area (TPSA) is 78.9 Å². The van der Waals surface area contributed by atoms with Crippen molar-refractivity contribution < 1.29 is 19.4 Å². The van der Waals surface area contributed by atoms with E-state index in [0.29, 0.717) is 55.5 Å². The number of rotatable bonds is 2. The third-order valence-electron chi connectivity index (χ3n) is 8.38. The van der Waals surface area contributed by atoms with Crippen LogP contribution >= 0.6 is 0 Å². The number of hydrogen-bond acceptors (Lipinski definition) is 4. The fraction of sp³-hybridized carbons (Fsp3) is 0.667. The summed E-state index contributed by atoms with van der Waals surface area (Å²) < 4.78 is 6.20. The van der Waals surface area contributed by atoms with Gasteiger partial charge in [0.2, 0.25) is 5.91 Å². The molecule has 2 N–H and O–H groups in total. The molecular weight excluding hydrogens is 380 g/mol. The quantitative estimate of drug-likeness (QED) is 0.786. The molecule has 0 radical (unpaired) electrons. The summed E-state index contributed by atoms with van der Waals surface area (Å²) in [5.41, 5.74) is -0.664. The molecule has 1 saturated heterocycles. The summed E-state index contributed by atoms with van der Waals surface area (Å²) in [6, 6.07) is 7.33. The van der Waals surface area contributed by atoms with Crippen LogP contribution in [0.25, 0.3) is 0 Å². The zero-order chi connectivity index (χ0) is 20.6. The van der Waals surface area contributed by atoms with E-state index in [1.165, 1.54) is 6.42 Å². The molecule has 1 spiro atoms. The molecule has 2 aliphatic heterocycles. The van der Waals surface area contributed by atoms with Crippen LogP contribution in [-0.2, 0) is 4.79 Å². The highest BCUT2D eigenvalue weighted by molar-refractivity contribution is 5.98. The molecule has 6 aliphatic rings. The molecule has 1 aromatic carbocycles. The normalized spacial score (nSPS) is 38.2. The van der Waals surface area contributed by atoms with E-state index >= 15 is 0 Å². The molecule has 2 unspecified atom stereocenters. The first-order valence-electron chi connectivity index (χ1n) is 11.5. The number of para-hydroxylation sites is 1. The van der Waals surface area contributed by atoms with Crippen LogP contribution in [0.3, 0.4) is 0 Å². The summed E-state index contributed by atoms with van der Waals surface area (Å²) in [6.45, 7) is 1.18. The Morgan fingerprint density at radius 3 is 2.53 bits per heavy atom. The Labute approximate surface area is 177 Å². The number of amides is 2. The fourth-order valence-corrected chi connectivity index (χ4v) is 7.64. The predicted octanol–water partition coefficient (Wildman–Crippen LogP) is 2.85. The Hall–Kier alpha value is -2.08. The highest BCUT2D eigenvalue weighted by Crippen LogP contribution is 2.63. The molecule has 4 aliphatic carbocycles. The van der Waals surface area contributed by atoms with Gasteiger partial charge in [0.25, 0.3) is 5.91 Å². The van der Waals surface area contributed by atoms with Gasteiger partial charge in [-0.05, 0) is 67.9 Å². The molecule has 4 atom stereocenters. The van der Waals surface area contributed by atoms with Crippen LogP contribution in [0.4, 0.5) is 0 Å². The summed E-state index contributed by atoms with van der Waals surface area (Å²) in [5, 5.41) is 14.0. The third-order valence-corrected chi connectivity index (χ3v) is 8.38. The Balaban J connectivity index is 1.12. The monoisotopic (exact) mass is 410 g/mol. The van der Waals surface area contributed by atoms with Crippen LogP contribution in [0.2, 0.25) is 0 Å². The molecule has 6 heteroatoms. The van der Waals surface area contributed by atoms with E-state index in [1.54, 1.807) is 6.07 Å². The van der Waals surface area contributed by atoms with Crippen molar-refractivity contribution in [1.82, 2.24) is 10.2 Å². The largest absolute Gasteiger partial charge is 0.467 e. The maximum absolute atomic E-state index is 13.2. The number of aliphatic hydroxyl groups is 1. The van der Waals surface area contributed by atoms with Crippen molar-refractivity contribution >= 4 is 11.8 Å². The fourth-order valence-electron chi connectivity index (χ4n) is 7.64. The maximum atomic E-state index is 13.2. The van der Waals surface area contributed by atoms with E-state index in [1.807, 2.05) is 23.1 Å².